The fourth-order valence-corrected chi connectivity index (χ4v) is 2.57. The lowest BCUT2D eigenvalue weighted by Crippen LogP contribution is -2.22. The number of anilines is 1. The fraction of sp³-hybridized carbons (Fsp3) is 0.333. The van der Waals surface area contributed by atoms with E-state index in [0.717, 1.165) is 34.4 Å². The topological polar surface area (TPSA) is 46.9 Å². The third kappa shape index (κ3) is 3.70. The minimum atomic E-state index is 0.0353. The molecule has 2 aromatic rings. The summed E-state index contributed by atoms with van der Waals surface area (Å²) in [6.45, 7) is 5.37. The van der Waals surface area contributed by atoms with Crippen LogP contribution in [0.4, 0.5) is 5.82 Å². The molecule has 20 heavy (non-hydrogen) atoms. The zero-order valence-corrected chi connectivity index (χ0v) is 13.3. The summed E-state index contributed by atoms with van der Waals surface area (Å²) in [6, 6.07) is 5.75. The van der Waals surface area contributed by atoms with Crippen LogP contribution in [0.5, 0.6) is 0 Å². The quantitative estimate of drug-likeness (QED) is 0.912. The van der Waals surface area contributed by atoms with Gasteiger partial charge in [-0.15, -0.1) is 0 Å². The summed E-state index contributed by atoms with van der Waals surface area (Å²) in [6.07, 6.45) is 4.63. The van der Waals surface area contributed by atoms with Crippen LogP contribution >= 0.6 is 15.9 Å². The van der Waals surface area contributed by atoms with Gasteiger partial charge in [0.15, 0.2) is 0 Å². The number of aryl methyl sites for hydroxylation is 1. The lowest BCUT2D eigenvalue weighted by Gasteiger charge is -2.09. The SMILES string of the molecule is CCCNc1cc(Cn2cc(Br)cc(C)c2=O)ccn1. The van der Waals surface area contributed by atoms with E-state index in [1.54, 1.807) is 10.8 Å². The minimum absolute atomic E-state index is 0.0353. The molecule has 0 saturated carbocycles. The van der Waals surface area contributed by atoms with E-state index in [9.17, 15) is 4.79 Å². The Morgan fingerprint density at radius 1 is 1.40 bits per heavy atom. The number of nitrogens with zero attached hydrogens (tertiary/aromatic N) is 2. The van der Waals surface area contributed by atoms with Crippen molar-refractivity contribution in [3.63, 3.8) is 0 Å². The zero-order valence-electron chi connectivity index (χ0n) is 11.7. The van der Waals surface area contributed by atoms with Gasteiger partial charge in [-0.1, -0.05) is 6.92 Å². The van der Waals surface area contributed by atoms with Crippen LogP contribution in [0.2, 0.25) is 0 Å². The van der Waals surface area contributed by atoms with Crippen molar-refractivity contribution in [1.82, 2.24) is 9.55 Å². The molecule has 1 N–H and O–H groups in total. The first-order valence-electron chi connectivity index (χ1n) is 6.65. The smallest absolute Gasteiger partial charge is 0.253 e. The van der Waals surface area contributed by atoms with Gasteiger partial charge in [-0.3, -0.25) is 4.79 Å². The lowest BCUT2D eigenvalue weighted by atomic mass is 10.2. The van der Waals surface area contributed by atoms with E-state index in [2.05, 4.69) is 33.2 Å². The first-order valence-corrected chi connectivity index (χ1v) is 7.45. The van der Waals surface area contributed by atoms with Crippen molar-refractivity contribution in [2.75, 3.05) is 11.9 Å². The maximum atomic E-state index is 12.1. The summed E-state index contributed by atoms with van der Waals surface area (Å²) in [5, 5.41) is 3.25. The van der Waals surface area contributed by atoms with Gasteiger partial charge in [0.05, 0.1) is 6.54 Å². The molecule has 2 rings (SSSR count). The Hall–Kier alpha value is -1.62. The highest BCUT2D eigenvalue weighted by Crippen LogP contribution is 2.11. The largest absolute Gasteiger partial charge is 0.370 e. The third-order valence-electron chi connectivity index (χ3n) is 2.97. The molecule has 0 spiro atoms. The highest BCUT2D eigenvalue weighted by atomic mass is 79.9. The highest BCUT2D eigenvalue weighted by molar-refractivity contribution is 9.10. The Kier molecular flexibility index (Phi) is 4.95. The Morgan fingerprint density at radius 3 is 2.95 bits per heavy atom. The molecule has 2 aromatic heterocycles. The summed E-state index contributed by atoms with van der Waals surface area (Å²) in [5.41, 5.74) is 1.82. The standard InChI is InChI=1S/C15H18BrN3O/c1-3-5-17-14-8-12(4-6-18-14)9-19-10-13(16)7-11(2)15(19)20/h4,6-8,10H,3,5,9H2,1-2H3,(H,17,18). The van der Waals surface area contributed by atoms with Crippen molar-refractivity contribution in [3.05, 3.63) is 56.5 Å². The predicted octanol–water partition coefficient (Wildman–Crippen LogP) is 3.18. The molecule has 0 unspecified atom stereocenters. The Labute approximate surface area is 127 Å². The molecular formula is C15H18BrN3O. The number of halogens is 1. The summed E-state index contributed by atoms with van der Waals surface area (Å²) in [7, 11) is 0. The molecule has 0 aromatic carbocycles. The summed E-state index contributed by atoms with van der Waals surface area (Å²) < 4.78 is 2.62. The van der Waals surface area contributed by atoms with Gasteiger partial charge in [-0.25, -0.2) is 4.98 Å². The first kappa shape index (κ1) is 14.8. The molecule has 0 aliphatic rings. The van der Waals surface area contributed by atoms with Crippen LogP contribution in [0.1, 0.15) is 24.5 Å². The zero-order chi connectivity index (χ0) is 14.5. The fourth-order valence-electron chi connectivity index (χ4n) is 1.98. The molecule has 0 saturated heterocycles. The molecule has 0 atom stereocenters. The van der Waals surface area contributed by atoms with Gasteiger partial charge in [0.25, 0.3) is 5.56 Å². The van der Waals surface area contributed by atoms with E-state index in [4.69, 9.17) is 0 Å². The molecule has 0 aliphatic carbocycles. The van der Waals surface area contributed by atoms with Gasteiger partial charge in [-0.05, 0) is 53.0 Å². The van der Waals surface area contributed by atoms with Crippen molar-refractivity contribution in [2.24, 2.45) is 0 Å². The normalized spacial score (nSPS) is 10.6. The van der Waals surface area contributed by atoms with Crippen molar-refractivity contribution >= 4 is 21.7 Å². The van der Waals surface area contributed by atoms with E-state index in [1.165, 1.54) is 0 Å². The number of hydrogen-bond donors (Lipinski definition) is 1. The number of rotatable bonds is 5. The number of hydrogen-bond acceptors (Lipinski definition) is 3. The van der Waals surface area contributed by atoms with E-state index < -0.39 is 0 Å². The van der Waals surface area contributed by atoms with Gasteiger partial charge in [0.2, 0.25) is 0 Å². The monoisotopic (exact) mass is 335 g/mol. The number of nitrogens with one attached hydrogen (secondary N) is 1. The Bertz CT molecular complexity index is 652. The molecule has 0 amide bonds. The van der Waals surface area contributed by atoms with E-state index in [1.807, 2.05) is 31.3 Å². The van der Waals surface area contributed by atoms with Crippen molar-refractivity contribution in [3.8, 4) is 0 Å². The van der Waals surface area contributed by atoms with Crippen LogP contribution in [0.15, 0.2) is 39.9 Å². The summed E-state index contributed by atoms with van der Waals surface area (Å²) in [4.78, 5) is 16.4. The molecule has 4 nitrogen and oxygen atoms in total. The number of aromatic nitrogens is 2. The van der Waals surface area contributed by atoms with Gasteiger partial charge in [-0.2, -0.15) is 0 Å². The highest BCUT2D eigenvalue weighted by Gasteiger charge is 2.04. The predicted molar refractivity (Wildman–Crippen MR) is 85.3 cm³/mol. The number of pyridine rings is 2. The molecule has 5 heteroatoms. The van der Waals surface area contributed by atoms with Crippen LogP contribution in [0.25, 0.3) is 0 Å². The molecule has 0 aliphatic heterocycles. The van der Waals surface area contributed by atoms with Crippen molar-refractivity contribution in [2.45, 2.75) is 26.8 Å². The third-order valence-corrected chi connectivity index (χ3v) is 3.40. The first-order chi connectivity index (χ1) is 9.60. The maximum absolute atomic E-state index is 12.1. The molecule has 0 radical (unpaired) electrons. The van der Waals surface area contributed by atoms with Gasteiger partial charge >= 0.3 is 0 Å². The van der Waals surface area contributed by atoms with E-state index >= 15 is 0 Å². The molecule has 106 valence electrons. The van der Waals surface area contributed by atoms with Crippen molar-refractivity contribution < 1.29 is 0 Å². The van der Waals surface area contributed by atoms with Gasteiger partial charge in [0.1, 0.15) is 5.82 Å². The molecule has 0 fully saturated rings. The van der Waals surface area contributed by atoms with Gasteiger partial charge < -0.3 is 9.88 Å². The van der Waals surface area contributed by atoms with E-state index in [-0.39, 0.29) is 5.56 Å². The average molecular weight is 336 g/mol. The summed E-state index contributed by atoms with van der Waals surface area (Å²) in [5.74, 6) is 0.851. The molecule has 0 bridgehead atoms. The lowest BCUT2D eigenvalue weighted by molar-refractivity contribution is 0.748. The van der Waals surface area contributed by atoms with Crippen molar-refractivity contribution in [1.29, 1.82) is 0 Å². The average Bonchev–Trinajstić information content (AvgIpc) is 2.42. The Balaban J connectivity index is 2.24. The van der Waals surface area contributed by atoms with Crippen LogP contribution in [0.3, 0.4) is 0 Å². The second-order valence-electron chi connectivity index (χ2n) is 4.75. The summed E-state index contributed by atoms with van der Waals surface area (Å²) >= 11 is 3.42. The van der Waals surface area contributed by atoms with Crippen LogP contribution in [-0.4, -0.2) is 16.1 Å². The second kappa shape index (κ2) is 6.70. The second-order valence-corrected chi connectivity index (χ2v) is 5.67. The molecule has 2 heterocycles. The molecular weight excluding hydrogens is 318 g/mol. The van der Waals surface area contributed by atoms with Crippen LogP contribution < -0.4 is 10.9 Å². The van der Waals surface area contributed by atoms with E-state index in [0.29, 0.717) is 6.54 Å². The minimum Gasteiger partial charge on any atom is -0.370 e. The Morgan fingerprint density at radius 2 is 2.20 bits per heavy atom. The van der Waals surface area contributed by atoms with Gasteiger partial charge in [0, 0.05) is 29.0 Å². The maximum Gasteiger partial charge on any atom is 0.253 e. The van der Waals surface area contributed by atoms with Crippen LogP contribution in [-0.2, 0) is 6.54 Å². The van der Waals surface area contributed by atoms with Crippen LogP contribution in [0, 0.1) is 6.92 Å².